The lowest BCUT2D eigenvalue weighted by Gasteiger charge is -2.05. The molecule has 2 aromatic rings. The number of Topliss-reactive ketones (excluding diaryl/α,β-unsaturated/α-hetero) is 1. The summed E-state index contributed by atoms with van der Waals surface area (Å²) in [5.74, 6) is 0.110. The lowest BCUT2D eigenvalue weighted by atomic mass is 10.1. The molecule has 1 aromatic carbocycles. The van der Waals surface area contributed by atoms with Crippen molar-refractivity contribution in [3.63, 3.8) is 0 Å². The van der Waals surface area contributed by atoms with Gasteiger partial charge in [0.05, 0.1) is 5.69 Å². The summed E-state index contributed by atoms with van der Waals surface area (Å²) in [5, 5.41) is 4.42. The van der Waals surface area contributed by atoms with Gasteiger partial charge in [0.25, 0.3) is 0 Å². The van der Waals surface area contributed by atoms with Crippen LogP contribution < -0.4 is 0 Å². The van der Waals surface area contributed by atoms with E-state index in [4.69, 9.17) is 0 Å². The van der Waals surface area contributed by atoms with Gasteiger partial charge in [0.2, 0.25) is 0 Å². The summed E-state index contributed by atoms with van der Waals surface area (Å²) in [4.78, 5) is 12.3. The fourth-order valence-electron chi connectivity index (χ4n) is 2.31. The van der Waals surface area contributed by atoms with Gasteiger partial charge < -0.3 is 0 Å². The molecule has 1 aromatic heterocycles. The SMILES string of the molecule is CCCc1ccc(C(=O)Cn2nc(C)c(C)c2C)cc1. The Hall–Kier alpha value is -1.90. The Morgan fingerprint density at radius 3 is 2.30 bits per heavy atom. The Balaban J connectivity index is 2.13. The Kier molecular flexibility index (Phi) is 4.38. The number of benzene rings is 1. The molecule has 3 heteroatoms. The number of nitrogens with zero attached hydrogens (tertiary/aromatic N) is 2. The second kappa shape index (κ2) is 6.04. The molecule has 0 saturated carbocycles. The molecule has 0 radical (unpaired) electrons. The number of hydrogen-bond acceptors (Lipinski definition) is 2. The van der Waals surface area contributed by atoms with Crippen LogP contribution in [0.3, 0.4) is 0 Å². The molecule has 0 N–H and O–H groups in total. The minimum absolute atomic E-state index is 0.110. The summed E-state index contributed by atoms with van der Waals surface area (Å²) in [6.45, 7) is 8.49. The van der Waals surface area contributed by atoms with Crippen LogP contribution in [0, 0.1) is 20.8 Å². The maximum absolute atomic E-state index is 12.3. The van der Waals surface area contributed by atoms with E-state index in [2.05, 4.69) is 12.0 Å². The molecule has 20 heavy (non-hydrogen) atoms. The van der Waals surface area contributed by atoms with Crippen molar-refractivity contribution in [2.24, 2.45) is 0 Å². The molecule has 0 fully saturated rings. The highest BCUT2D eigenvalue weighted by atomic mass is 16.1. The molecule has 0 atom stereocenters. The van der Waals surface area contributed by atoms with Crippen LogP contribution in [-0.2, 0) is 13.0 Å². The maximum atomic E-state index is 12.3. The first-order chi connectivity index (χ1) is 9.52. The zero-order chi connectivity index (χ0) is 14.7. The van der Waals surface area contributed by atoms with Gasteiger partial charge in [-0.15, -0.1) is 0 Å². The molecule has 2 rings (SSSR count). The van der Waals surface area contributed by atoms with E-state index in [-0.39, 0.29) is 5.78 Å². The molecule has 3 nitrogen and oxygen atoms in total. The van der Waals surface area contributed by atoms with Crippen molar-refractivity contribution in [3.05, 3.63) is 52.3 Å². The average Bonchev–Trinajstić information content (AvgIpc) is 2.67. The van der Waals surface area contributed by atoms with Crippen LogP contribution in [0.5, 0.6) is 0 Å². The molecule has 106 valence electrons. The molecule has 0 bridgehead atoms. The van der Waals surface area contributed by atoms with Gasteiger partial charge >= 0.3 is 0 Å². The number of carbonyl (C=O) groups is 1. The molecule has 0 amide bonds. The molecular formula is C17H22N2O. The van der Waals surface area contributed by atoms with Crippen molar-refractivity contribution >= 4 is 5.78 Å². The Morgan fingerprint density at radius 2 is 1.80 bits per heavy atom. The van der Waals surface area contributed by atoms with Gasteiger partial charge in [-0.2, -0.15) is 5.10 Å². The van der Waals surface area contributed by atoms with Crippen molar-refractivity contribution in [2.75, 3.05) is 0 Å². The Morgan fingerprint density at radius 1 is 1.15 bits per heavy atom. The largest absolute Gasteiger partial charge is 0.292 e. The van der Waals surface area contributed by atoms with Crippen LogP contribution in [0.1, 0.15) is 46.2 Å². The van der Waals surface area contributed by atoms with E-state index in [1.54, 1.807) is 4.68 Å². The minimum atomic E-state index is 0.110. The predicted octanol–water partition coefficient (Wildman–Crippen LogP) is 3.64. The van der Waals surface area contributed by atoms with E-state index < -0.39 is 0 Å². The zero-order valence-electron chi connectivity index (χ0n) is 12.7. The first-order valence-electron chi connectivity index (χ1n) is 7.15. The van der Waals surface area contributed by atoms with Crippen molar-refractivity contribution in [1.82, 2.24) is 9.78 Å². The average molecular weight is 270 g/mol. The van der Waals surface area contributed by atoms with Crippen LogP contribution in [0.25, 0.3) is 0 Å². The standard InChI is InChI=1S/C17H22N2O/c1-5-6-15-7-9-16(10-8-15)17(20)11-19-14(4)12(2)13(3)18-19/h7-10H,5-6,11H2,1-4H3. The predicted molar refractivity (Wildman–Crippen MR) is 81.2 cm³/mol. The van der Waals surface area contributed by atoms with Gasteiger partial charge in [-0.3, -0.25) is 9.48 Å². The monoisotopic (exact) mass is 270 g/mol. The van der Waals surface area contributed by atoms with Gasteiger partial charge in [-0.25, -0.2) is 0 Å². The van der Waals surface area contributed by atoms with E-state index in [0.717, 1.165) is 35.4 Å². The summed E-state index contributed by atoms with van der Waals surface area (Å²) in [7, 11) is 0. The lowest BCUT2D eigenvalue weighted by molar-refractivity contribution is 0.0966. The smallest absolute Gasteiger partial charge is 0.184 e. The van der Waals surface area contributed by atoms with Gasteiger partial charge in [-0.05, 0) is 38.3 Å². The van der Waals surface area contributed by atoms with Crippen molar-refractivity contribution < 1.29 is 4.79 Å². The molecule has 0 saturated heterocycles. The Bertz CT molecular complexity index is 609. The van der Waals surface area contributed by atoms with Crippen LogP contribution in [0.2, 0.25) is 0 Å². The van der Waals surface area contributed by atoms with Crippen LogP contribution in [0.15, 0.2) is 24.3 Å². The quantitative estimate of drug-likeness (QED) is 0.777. The number of ketones is 1. The fraction of sp³-hybridized carbons (Fsp3) is 0.412. The van der Waals surface area contributed by atoms with Crippen LogP contribution in [0.4, 0.5) is 0 Å². The molecule has 1 heterocycles. The normalized spacial score (nSPS) is 10.8. The highest BCUT2D eigenvalue weighted by Gasteiger charge is 2.12. The molecule has 0 unspecified atom stereocenters. The van der Waals surface area contributed by atoms with Gasteiger partial charge in [0.15, 0.2) is 5.78 Å². The first-order valence-corrected chi connectivity index (χ1v) is 7.15. The number of hydrogen-bond donors (Lipinski definition) is 0. The number of carbonyl (C=O) groups excluding carboxylic acids is 1. The molecule has 0 spiro atoms. The maximum Gasteiger partial charge on any atom is 0.184 e. The number of aryl methyl sites for hydroxylation is 2. The summed E-state index contributed by atoms with van der Waals surface area (Å²) >= 11 is 0. The van der Waals surface area contributed by atoms with E-state index in [1.165, 1.54) is 5.56 Å². The molecule has 0 aliphatic heterocycles. The minimum Gasteiger partial charge on any atom is -0.292 e. The van der Waals surface area contributed by atoms with Gasteiger partial charge in [0, 0.05) is 11.3 Å². The second-order valence-corrected chi connectivity index (χ2v) is 5.32. The van der Waals surface area contributed by atoms with E-state index in [9.17, 15) is 4.79 Å². The van der Waals surface area contributed by atoms with Gasteiger partial charge in [-0.1, -0.05) is 37.6 Å². The molecule has 0 aliphatic rings. The fourth-order valence-corrected chi connectivity index (χ4v) is 2.31. The number of rotatable bonds is 5. The highest BCUT2D eigenvalue weighted by Crippen LogP contribution is 2.13. The van der Waals surface area contributed by atoms with Crippen LogP contribution in [-0.4, -0.2) is 15.6 Å². The Labute approximate surface area is 120 Å². The topological polar surface area (TPSA) is 34.9 Å². The lowest BCUT2D eigenvalue weighted by Crippen LogP contribution is -2.13. The van der Waals surface area contributed by atoms with E-state index >= 15 is 0 Å². The van der Waals surface area contributed by atoms with E-state index in [1.807, 2.05) is 45.0 Å². The molecular weight excluding hydrogens is 248 g/mol. The van der Waals surface area contributed by atoms with Crippen LogP contribution >= 0.6 is 0 Å². The first kappa shape index (κ1) is 14.5. The van der Waals surface area contributed by atoms with Crippen molar-refractivity contribution in [3.8, 4) is 0 Å². The highest BCUT2D eigenvalue weighted by molar-refractivity contribution is 5.95. The third-order valence-electron chi connectivity index (χ3n) is 3.85. The third kappa shape index (κ3) is 2.98. The summed E-state index contributed by atoms with van der Waals surface area (Å²) in [6.07, 6.45) is 2.18. The number of aromatic nitrogens is 2. The zero-order valence-corrected chi connectivity index (χ0v) is 12.7. The van der Waals surface area contributed by atoms with E-state index in [0.29, 0.717) is 6.54 Å². The van der Waals surface area contributed by atoms with Crippen molar-refractivity contribution in [2.45, 2.75) is 47.1 Å². The summed E-state index contributed by atoms with van der Waals surface area (Å²) in [5.41, 5.74) is 5.27. The summed E-state index contributed by atoms with van der Waals surface area (Å²) in [6, 6.07) is 7.93. The van der Waals surface area contributed by atoms with Crippen molar-refractivity contribution in [1.29, 1.82) is 0 Å². The molecule has 0 aliphatic carbocycles. The third-order valence-corrected chi connectivity index (χ3v) is 3.85. The summed E-state index contributed by atoms with van der Waals surface area (Å²) < 4.78 is 1.80. The van der Waals surface area contributed by atoms with Gasteiger partial charge in [0.1, 0.15) is 6.54 Å². The second-order valence-electron chi connectivity index (χ2n) is 5.32.